The van der Waals surface area contributed by atoms with Gasteiger partial charge in [-0.3, -0.25) is 4.79 Å². The number of nitrogens with one attached hydrogen (secondary N) is 1. The van der Waals surface area contributed by atoms with Gasteiger partial charge in [0.25, 0.3) is 5.91 Å². The molecule has 0 spiro atoms. The van der Waals surface area contributed by atoms with Crippen molar-refractivity contribution in [2.45, 2.75) is 38.6 Å². The Hall–Kier alpha value is -1.80. The van der Waals surface area contributed by atoms with E-state index in [4.69, 9.17) is 4.74 Å². The summed E-state index contributed by atoms with van der Waals surface area (Å²) in [5, 5.41) is 12.2. The van der Waals surface area contributed by atoms with Crippen molar-refractivity contribution in [3.8, 4) is 11.8 Å². The first kappa shape index (κ1) is 16.6. The summed E-state index contributed by atoms with van der Waals surface area (Å²) in [6.45, 7) is 2.50. The van der Waals surface area contributed by atoms with Crippen LogP contribution < -0.4 is 10.1 Å². The summed E-state index contributed by atoms with van der Waals surface area (Å²) in [6, 6.07) is 7.68. The first-order chi connectivity index (χ1) is 10.6. The molecule has 1 amide bonds. The SMILES string of the molecule is CCOc1ccc(/C=C(/C#N)C(=O)NC2CCCC2)cc1Br. The lowest BCUT2D eigenvalue weighted by Gasteiger charge is -2.11. The summed E-state index contributed by atoms with van der Waals surface area (Å²) < 4.78 is 6.25. The predicted octanol–water partition coefficient (Wildman–Crippen LogP) is 3.81. The molecule has 0 heterocycles. The average Bonchev–Trinajstić information content (AvgIpc) is 3.00. The zero-order valence-electron chi connectivity index (χ0n) is 12.6. The van der Waals surface area contributed by atoms with Crippen molar-refractivity contribution in [3.05, 3.63) is 33.8 Å². The topological polar surface area (TPSA) is 62.1 Å². The molecule has 0 bridgehead atoms. The second-order valence-corrected chi connectivity index (χ2v) is 6.10. The summed E-state index contributed by atoms with van der Waals surface area (Å²) >= 11 is 3.43. The van der Waals surface area contributed by atoms with Gasteiger partial charge in [0.05, 0.1) is 11.1 Å². The third kappa shape index (κ3) is 4.35. The smallest absolute Gasteiger partial charge is 0.262 e. The fraction of sp³-hybridized carbons (Fsp3) is 0.412. The number of rotatable bonds is 5. The van der Waals surface area contributed by atoms with E-state index in [0.29, 0.717) is 6.61 Å². The molecule has 0 aromatic heterocycles. The molecule has 1 saturated carbocycles. The number of amides is 1. The molecule has 0 unspecified atom stereocenters. The molecule has 1 fully saturated rings. The molecule has 0 radical (unpaired) electrons. The molecule has 4 nitrogen and oxygen atoms in total. The Labute approximate surface area is 139 Å². The third-order valence-corrected chi connectivity index (χ3v) is 4.24. The normalized spacial score (nSPS) is 15.4. The number of halogens is 1. The molecule has 22 heavy (non-hydrogen) atoms. The minimum absolute atomic E-state index is 0.128. The fourth-order valence-corrected chi connectivity index (χ4v) is 3.04. The van der Waals surface area contributed by atoms with Gasteiger partial charge in [0, 0.05) is 6.04 Å². The molecule has 0 aliphatic heterocycles. The average molecular weight is 363 g/mol. The van der Waals surface area contributed by atoms with E-state index in [9.17, 15) is 10.1 Å². The van der Waals surface area contributed by atoms with Crippen LogP contribution in [0.2, 0.25) is 0 Å². The van der Waals surface area contributed by atoms with Gasteiger partial charge in [-0.2, -0.15) is 5.26 Å². The highest BCUT2D eigenvalue weighted by Crippen LogP contribution is 2.27. The molecule has 116 valence electrons. The number of carbonyl (C=O) groups excluding carboxylic acids is 1. The molecule has 1 aromatic rings. The first-order valence-electron chi connectivity index (χ1n) is 7.49. The minimum atomic E-state index is -0.292. The number of hydrogen-bond acceptors (Lipinski definition) is 3. The lowest BCUT2D eigenvalue weighted by Crippen LogP contribution is -2.33. The van der Waals surface area contributed by atoms with E-state index in [-0.39, 0.29) is 17.5 Å². The summed E-state index contributed by atoms with van der Waals surface area (Å²) in [5.41, 5.74) is 0.913. The number of carbonyl (C=O) groups is 1. The van der Waals surface area contributed by atoms with Crippen LogP contribution >= 0.6 is 15.9 Å². The highest BCUT2D eigenvalue weighted by molar-refractivity contribution is 9.10. The van der Waals surface area contributed by atoms with Gasteiger partial charge in [-0.25, -0.2) is 0 Å². The molecular weight excluding hydrogens is 344 g/mol. The number of benzene rings is 1. The lowest BCUT2D eigenvalue weighted by molar-refractivity contribution is -0.117. The van der Waals surface area contributed by atoms with E-state index in [0.717, 1.165) is 41.5 Å². The Morgan fingerprint density at radius 2 is 2.23 bits per heavy atom. The van der Waals surface area contributed by atoms with Gasteiger partial charge >= 0.3 is 0 Å². The standard InChI is InChI=1S/C17H19BrN2O2/c1-2-22-16-8-7-12(10-15(16)18)9-13(11-19)17(21)20-14-5-3-4-6-14/h7-10,14H,2-6H2,1H3,(H,20,21)/b13-9-. The maximum atomic E-state index is 12.2. The Morgan fingerprint density at radius 3 is 2.82 bits per heavy atom. The van der Waals surface area contributed by atoms with Crippen molar-refractivity contribution in [1.82, 2.24) is 5.32 Å². The van der Waals surface area contributed by atoms with Crippen LogP contribution in [0.5, 0.6) is 5.75 Å². The van der Waals surface area contributed by atoms with Crippen LogP contribution in [-0.4, -0.2) is 18.6 Å². The van der Waals surface area contributed by atoms with Gasteiger partial charge in [0.15, 0.2) is 0 Å². The van der Waals surface area contributed by atoms with Crippen molar-refractivity contribution in [2.75, 3.05) is 6.61 Å². The molecule has 1 aromatic carbocycles. The number of nitriles is 1. The predicted molar refractivity (Wildman–Crippen MR) is 89.3 cm³/mol. The van der Waals surface area contributed by atoms with E-state index in [2.05, 4.69) is 21.2 Å². The second-order valence-electron chi connectivity index (χ2n) is 5.25. The van der Waals surface area contributed by atoms with Crippen molar-refractivity contribution >= 4 is 27.9 Å². The molecular formula is C17H19BrN2O2. The van der Waals surface area contributed by atoms with Gasteiger partial charge in [-0.1, -0.05) is 18.9 Å². The van der Waals surface area contributed by atoms with Gasteiger partial charge in [0.1, 0.15) is 17.4 Å². The maximum Gasteiger partial charge on any atom is 0.262 e. The Morgan fingerprint density at radius 1 is 1.50 bits per heavy atom. The quantitative estimate of drug-likeness (QED) is 0.639. The monoisotopic (exact) mass is 362 g/mol. The van der Waals surface area contributed by atoms with Crippen LogP contribution in [0, 0.1) is 11.3 Å². The molecule has 0 saturated heterocycles. The Bertz CT molecular complexity index is 614. The first-order valence-corrected chi connectivity index (χ1v) is 8.28. The number of ether oxygens (including phenoxy) is 1. The van der Waals surface area contributed by atoms with Crippen LogP contribution in [0.3, 0.4) is 0 Å². The van der Waals surface area contributed by atoms with Crippen LogP contribution in [0.1, 0.15) is 38.2 Å². The maximum absolute atomic E-state index is 12.2. The molecule has 0 atom stereocenters. The highest BCUT2D eigenvalue weighted by Gasteiger charge is 2.19. The summed E-state index contributed by atoms with van der Waals surface area (Å²) in [7, 11) is 0. The highest BCUT2D eigenvalue weighted by atomic mass is 79.9. The van der Waals surface area contributed by atoms with Crippen molar-refractivity contribution < 1.29 is 9.53 Å². The zero-order valence-corrected chi connectivity index (χ0v) is 14.1. The van der Waals surface area contributed by atoms with Crippen molar-refractivity contribution in [2.24, 2.45) is 0 Å². The molecule has 1 aliphatic rings. The summed E-state index contributed by atoms with van der Waals surface area (Å²) in [4.78, 5) is 12.2. The fourth-order valence-electron chi connectivity index (χ4n) is 2.53. The number of nitrogens with zero attached hydrogens (tertiary/aromatic N) is 1. The lowest BCUT2D eigenvalue weighted by atomic mass is 10.1. The second kappa shape index (κ2) is 8.00. The molecule has 2 rings (SSSR count). The zero-order chi connectivity index (χ0) is 15.9. The molecule has 1 aliphatic carbocycles. The van der Waals surface area contributed by atoms with E-state index in [1.807, 2.05) is 31.2 Å². The van der Waals surface area contributed by atoms with Crippen LogP contribution in [0.25, 0.3) is 6.08 Å². The minimum Gasteiger partial charge on any atom is -0.493 e. The summed E-state index contributed by atoms with van der Waals surface area (Å²) in [6.07, 6.45) is 5.88. The van der Waals surface area contributed by atoms with E-state index in [1.165, 1.54) is 0 Å². The number of hydrogen-bond donors (Lipinski definition) is 1. The molecule has 5 heteroatoms. The summed E-state index contributed by atoms with van der Waals surface area (Å²) in [5.74, 6) is 0.452. The van der Waals surface area contributed by atoms with E-state index < -0.39 is 0 Å². The van der Waals surface area contributed by atoms with Gasteiger partial charge in [-0.05, 0) is 59.5 Å². The Kier molecular flexibility index (Phi) is 6.02. The van der Waals surface area contributed by atoms with Gasteiger partial charge in [-0.15, -0.1) is 0 Å². The third-order valence-electron chi connectivity index (χ3n) is 3.62. The van der Waals surface area contributed by atoms with Crippen LogP contribution in [0.4, 0.5) is 0 Å². The van der Waals surface area contributed by atoms with Crippen molar-refractivity contribution in [3.63, 3.8) is 0 Å². The van der Waals surface area contributed by atoms with E-state index >= 15 is 0 Å². The van der Waals surface area contributed by atoms with E-state index in [1.54, 1.807) is 6.08 Å². The largest absolute Gasteiger partial charge is 0.493 e. The Balaban J connectivity index is 2.12. The molecule has 1 N–H and O–H groups in total. The van der Waals surface area contributed by atoms with Crippen LogP contribution in [0.15, 0.2) is 28.2 Å². The van der Waals surface area contributed by atoms with Gasteiger partial charge < -0.3 is 10.1 Å². The van der Waals surface area contributed by atoms with Crippen LogP contribution in [-0.2, 0) is 4.79 Å². The van der Waals surface area contributed by atoms with Gasteiger partial charge in [0.2, 0.25) is 0 Å². The van der Waals surface area contributed by atoms with Crippen molar-refractivity contribution in [1.29, 1.82) is 5.26 Å².